The molecule has 0 unspecified atom stereocenters. The van der Waals surface area contributed by atoms with Crippen molar-refractivity contribution in [2.24, 2.45) is 5.73 Å². The van der Waals surface area contributed by atoms with Crippen LogP contribution in [0.3, 0.4) is 0 Å². The molecular weight excluding hydrogens is 276 g/mol. The number of carbonyl (C=O) groups is 2. The van der Waals surface area contributed by atoms with Gasteiger partial charge in [-0.25, -0.2) is 0 Å². The van der Waals surface area contributed by atoms with Crippen LogP contribution in [0.15, 0.2) is 48.5 Å². The maximum absolute atomic E-state index is 12.3. The molecule has 4 nitrogen and oxygen atoms in total. The minimum absolute atomic E-state index is 0.242. The van der Waals surface area contributed by atoms with E-state index in [0.29, 0.717) is 22.7 Å². The molecule has 0 saturated heterocycles. The van der Waals surface area contributed by atoms with Gasteiger partial charge in [0, 0.05) is 5.56 Å². The van der Waals surface area contributed by atoms with Crippen LogP contribution < -0.4 is 11.1 Å². The molecule has 0 heterocycles. The van der Waals surface area contributed by atoms with Crippen LogP contribution in [0.1, 0.15) is 51.5 Å². The normalized spacial score (nSPS) is 14.2. The van der Waals surface area contributed by atoms with Gasteiger partial charge in [0.05, 0.1) is 11.3 Å². The summed E-state index contributed by atoms with van der Waals surface area (Å²) in [6.45, 7) is 0. The fourth-order valence-electron chi connectivity index (χ4n) is 2.65. The lowest BCUT2D eigenvalue weighted by molar-refractivity contribution is 0.100. The van der Waals surface area contributed by atoms with E-state index in [4.69, 9.17) is 5.73 Å². The maximum atomic E-state index is 12.3. The number of benzene rings is 2. The summed E-state index contributed by atoms with van der Waals surface area (Å²) >= 11 is 0. The highest BCUT2D eigenvalue weighted by Gasteiger charge is 2.19. The van der Waals surface area contributed by atoms with Crippen LogP contribution in [0.5, 0.6) is 0 Å². The summed E-state index contributed by atoms with van der Waals surface area (Å²) in [7, 11) is 0. The number of anilines is 1. The van der Waals surface area contributed by atoms with Crippen LogP contribution >= 0.6 is 0 Å². The second-order valence-corrected chi connectivity index (χ2v) is 5.61. The number of para-hydroxylation sites is 1. The van der Waals surface area contributed by atoms with Gasteiger partial charge in [0.2, 0.25) is 0 Å². The van der Waals surface area contributed by atoms with E-state index < -0.39 is 5.91 Å². The Morgan fingerprint density at radius 2 is 1.68 bits per heavy atom. The number of primary amides is 1. The first kappa shape index (κ1) is 14.3. The van der Waals surface area contributed by atoms with E-state index in [-0.39, 0.29) is 5.91 Å². The van der Waals surface area contributed by atoms with Gasteiger partial charge in [0.15, 0.2) is 0 Å². The van der Waals surface area contributed by atoms with Gasteiger partial charge in [-0.15, -0.1) is 0 Å². The zero-order chi connectivity index (χ0) is 15.5. The van der Waals surface area contributed by atoms with E-state index in [9.17, 15) is 9.59 Å². The lowest BCUT2D eigenvalue weighted by Gasteiger charge is -2.25. The average Bonchev–Trinajstić information content (AvgIpc) is 2.46. The van der Waals surface area contributed by atoms with Gasteiger partial charge in [0.25, 0.3) is 11.8 Å². The summed E-state index contributed by atoms with van der Waals surface area (Å²) in [5.41, 5.74) is 7.92. The van der Waals surface area contributed by atoms with Gasteiger partial charge in [-0.1, -0.05) is 30.7 Å². The fraction of sp³-hybridized carbons (Fsp3) is 0.222. The Hall–Kier alpha value is -2.62. The summed E-state index contributed by atoms with van der Waals surface area (Å²) in [4.78, 5) is 23.7. The van der Waals surface area contributed by atoms with Gasteiger partial charge < -0.3 is 11.1 Å². The SMILES string of the molecule is NC(=O)c1ccccc1NC(=O)c1ccc(C2CCC2)cc1. The van der Waals surface area contributed by atoms with Crippen molar-refractivity contribution in [2.75, 3.05) is 5.32 Å². The summed E-state index contributed by atoms with van der Waals surface area (Å²) in [5, 5.41) is 2.75. The van der Waals surface area contributed by atoms with Gasteiger partial charge in [-0.2, -0.15) is 0 Å². The van der Waals surface area contributed by atoms with E-state index >= 15 is 0 Å². The van der Waals surface area contributed by atoms with Crippen molar-refractivity contribution in [3.63, 3.8) is 0 Å². The zero-order valence-corrected chi connectivity index (χ0v) is 12.2. The van der Waals surface area contributed by atoms with Crippen molar-refractivity contribution in [3.05, 3.63) is 65.2 Å². The van der Waals surface area contributed by atoms with E-state index in [0.717, 1.165) is 0 Å². The lowest BCUT2D eigenvalue weighted by atomic mass is 9.80. The van der Waals surface area contributed by atoms with Crippen LogP contribution in [-0.2, 0) is 0 Å². The first-order valence-corrected chi connectivity index (χ1v) is 7.45. The molecule has 0 aromatic heterocycles. The predicted molar refractivity (Wildman–Crippen MR) is 85.9 cm³/mol. The van der Waals surface area contributed by atoms with Crippen molar-refractivity contribution in [3.8, 4) is 0 Å². The largest absolute Gasteiger partial charge is 0.366 e. The molecule has 0 bridgehead atoms. The summed E-state index contributed by atoms with van der Waals surface area (Å²) < 4.78 is 0. The van der Waals surface area contributed by atoms with Gasteiger partial charge in [-0.05, 0) is 48.6 Å². The molecule has 0 aliphatic heterocycles. The summed E-state index contributed by atoms with van der Waals surface area (Å²) in [6.07, 6.45) is 3.76. The number of nitrogens with one attached hydrogen (secondary N) is 1. The van der Waals surface area contributed by atoms with E-state index in [1.54, 1.807) is 24.3 Å². The molecule has 3 N–H and O–H groups in total. The topological polar surface area (TPSA) is 72.2 Å². The fourth-order valence-corrected chi connectivity index (χ4v) is 2.65. The Bertz CT molecular complexity index is 703. The molecule has 22 heavy (non-hydrogen) atoms. The molecule has 2 amide bonds. The number of nitrogens with two attached hydrogens (primary N) is 1. The molecule has 2 aromatic rings. The van der Waals surface area contributed by atoms with E-state index in [1.807, 2.05) is 24.3 Å². The minimum Gasteiger partial charge on any atom is -0.366 e. The van der Waals surface area contributed by atoms with Crippen molar-refractivity contribution in [1.29, 1.82) is 0 Å². The second kappa shape index (κ2) is 6.02. The van der Waals surface area contributed by atoms with Crippen LogP contribution in [0.4, 0.5) is 5.69 Å². The van der Waals surface area contributed by atoms with Crippen molar-refractivity contribution < 1.29 is 9.59 Å². The first-order valence-electron chi connectivity index (χ1n) is 7.45. The van der Waals surface area contributed by atoms with Crippen molar-refractivity contribution >= 4 is 17.5 Å². The smallest absolute Gasteiger partial charge is 0.255 e. The number of rotatable bonds is 4. The number of amides is 2. The molecule has 4 heteroatoms. The Kier molecular flexibility index (Phi) is 3.92. The Balaban J connectivity index is 1.75. The molecule has 0 atom stereocenters. The second-order valence-electron chi connectivity index (χ2n) is 5.61. The van der Waals surface area contributed by atoms with Crippen LogP contribution in [-0.4, -0.2) is 11.8 Å². The quantitative estimate of drug-likeness (QED) is 0.908. The molecule has 1 aliphatic carbocycles. The first-order chi connectivity index (χ1) is 10.6. The molecule has 1 fully saturated rings. The highest BCUT2D eigenvalue weighted by molar-refractivity contribution is 6.08. The summed E-state index contributed by atoms with van der Waals surface area (Å²) in [6, 6.07) is 14.4. The molecule has 2 aromatic carbocycles. The molecule has 1 aliphatic rings. The maximum Gasteiger partial charge on any atom is 0.255 e. The third kappa shape index (κ3) is 2.86. The van der Waals surface area contributed by atoms with Crippen LogP contribution in [0, 0.1) is 0 Å². The number of hydrogen-bond donors (Lipinski definition) is 2. The highest BCUT2D eigenvalue weighted by Crippen LogP contribution is 2.36. The Morgan fingerprint density at radius 3 is 2.27 bits per heavy atom. The monoisotopic (exact) mass is 294 g/mol. The van der Waals surface area contributed by atoms with Crippen molar-refractivity contribution in [2.45, 2.75) is 25.2 Å². The Labute approximate surface area is 129 Å². The average molecular weight is 294 g/mol. The third-order valence-corrected chi connectivity index (χ3v) is 4.19. The molecular formula is C18H18N2O2. The molecule has 1 saturated carbocycles. The lowest BCUT2D eigenvalue weighted by Crippen LogP contribution is -2.18. The summed E-state index contributed by atoms with van der Waals surface area (Å²) in [5.74, 6) is -0.155. The number of hydrogen-bond acceptors (Lipinski definition) is 2. The molecule has 3 rings (SSSR count). The van der Waals surface area contributed by atoms with Crippen LogP contribution in [0.2, 0.25) is 0 Å². The highest BCUT2D eigenvalue weighted by atomic mass is 16.2. The Morgan fingerprint density at radius 1 is 1.00 bits per heavy atom. The molecule has 0 spiro atoms. The zero-order valence-electron chi connectivity index (χ0n) is 12.2. The van der Waals surface area contributed by atoms with Gasteiger partial charge >= 0.3 is 0 Å². The predicted octanol–water partition coefficient (Wildman–Crippen LogP) is 3.31. The van der Waals surface area contributed by atoms with Gasteiger partial charge in [0.1, 0.15) is 0 Å². The van der Waals surface area contributed by atoms with Crippen molar-refractivity contribution in [1.82, 2.24) is 0 Å². The minimum atomic E-state index is -0.559. The number of carbonyl (C=O) groups excluding carboxylic acids is 2. The standard InChI is InChI=1S/C18H18N2O2/c19-17(21)15-6-1-2-7-16(15)20-18(22)14-10-8-13(9-11-14)12-4-3-5-12/h1-2,6-12H,3-5H2,(H2,19,21)(H,20,22). The van der Waals surface area contributed by atoms with E-state index in [1.165, 1.54) is 24.8 Å². The van der Waals surface area contributed by atoms with Crippen LogP contribution in [0.25, 0.3) is 0 Å². The third-order valence-electron chi connectivity index (χ3n) is 4.19. The molecule has 0 radical (unpaired) electrons. The molecule has 112 valence electrons. The van der Waals surface area contributed by atoms with Gasteiger partial charge in [-0.3, -0.25) is 9.59 Å². The van der Waals surface area contributed by atoms with E-state index in [2.05, 4.69) is 5.32 Å².